The van der Waals surface area contributed by atoms with Gasteiger partial charge in [0.15, 0.2) is 0 Å². The number of aromatic hydroxyl groups is 1. The first kappa shape index (κ1) is 20.6. The van der Waals surface area contributed by atoms with Crippen molar-refractivity contribution in [2.45, 2.75) is 51.4 Å². The summed E-state index contributed by atoms with van der Waals surface area (Å²) in [5.41, 5.74) is 11.6. The zero-order valence-electron chi connectivity index (χ0n) is 18.5. The fourth-order valence-corrected chi connectivity index (χ4v) is 5.48. The predicted molar refractivity (Wildman–Crippen MR) is 124 cm³/mol. The van der Waals surface area contributed by atoms with E-state index in [-0.39, 0.29) is 12.2 Å². The lowest BCUT2D eigenvalue weighted by Gasteiger charge is -2.42. The summed E-state index contributed by atoms with van der Waals surface area (Å²) in [5, 5.41) is 11.9. The van der Waals surface area contributed by atoms with Gasteiger partial charge in [0.25, 0.3) is 0 Å². The van der Waals surface area contributed by atoms with E-state index in [1.165, 1.54) is 16.6 Å². The number of likely N-dealkylation sites (tertiary alicyclic amines) is 1. The number of phenols is 1. The van der Waals surface area contributed by atoms with Crippen molar-refractivity contribution in [3.63, 3.8) is 0 Å². The van der Waals surface area contributed by atoms with Gasteiger partial charge in [0.05, 0.1) is 12.2 Å². The van der Waals surface area contributed by atoms with Crippen LogP contribution in [0.15, 0.2) is 42.5 Å². The highest BCUT2D eigenvalue weighted by Gasteiger charge is 2.36. The number of nitrogens with two attached hydrogens (primary N) is 1. The summed E-state index contributed by atoms with van der Waals surface area (Å²) in [6.07, 6.45) is 2.99. The smallest absolute Gasteiger partial charge is 0.122 e. The van der Waals surface area contributed by atoms with Crippen molar-refractivity contribution in [1.82, 2.24) is 9.88 Å². The summed E-state index contributed by atoms with van der Waals surface area (Å²) in [4.78, 5) is 6.16. The van der Waals surface area contributed by atoms with E-state index in [1.54, 1.807) is 0 Å². The number of piperidine rings is 1. The van der Waals surface area contributed by atoms with Crippen molar-refractivity contribution in [1.29, 1.82) is 0 Å². The van der Waals surface area contributed by atoms with Gasteiger partial charge in [-0.05, 0) is 74.3 Å². The first-order valence-electron chi connectivity index (χ1n) is 11.5. The van der Waals surface area contributed by atoms with Gasteiger partial charge in [-0.1, -0.05) is 30.3 Å². The van der Waals surface area contributed by atoms with Crippen molar-refractivity contribution in [2.75, 3.05) is 19.6 Å². The minimum atomic E-state index is -0.122. The Kier molecular flexibility index (Phi) is 5.51. The second-order valence-corrected chi connectivity index (χ2v) is 9.26. The minimum absolute atomic E-state index is 0.122. The number of aromatic amines is 1. The molecule has 1 fully saturated rings. The van der Waals surface area contributed by atoms with Gasteiger partial charge >= 0.3 is 0 Å². The first-order chi connectivity index (χ1) is 15.0. The van der Waals surface area contributed by atoms with Crippen LogP contribution in [0.3, 0.4) is 0 Å². The third-order valence-electron chi connectivity index (χ3n) is 7.47. The third-order valence-corrected chi connectivity index (χ3v) is 7.47. The van der Waals surface area contributed by atoms with E-state index in [1.807, 2.05) is 13.0 Å². The average Bonchev–Trinajstić information content (AvgIpc) is 3.25. The molecule has 1 aromatic heterocycles. The van der Waals surface area contributed by atoms with Gasteiger partial charge in [-0.15, -0.1) is 0 Å². The molecule has 31 heavy (non-hydrogen) atoms. The van der Waals surface area contributed by atoms with Crippen molar-refractivity contribution < 1.29 is 9.84 Å². The molecule has 2 aliphatic heterocycles. The topological polar surface area (TPSA) is 74.5 Å². The molecule has 5 nitrogen and oxygen atoms in total. The Morgan fingerprint density at radius 3 is 2.71 bits per heavy atom. The molecular formula is C26H33N3O2. The second kappa shape index (κ2) is 8.30. The molecule has 3 heterocycles. The largest absolute Gasteiger partial charge is 0.507 e. The molecule has 0 bridgehead atoms. The van der Waals surface area contributed by atoms with E-state index in [0.717, 1.165) is 49.0 Å². The number of H-pyrrole nitrogens is 1. The number of hydrogen-bond acceptors (Lipinski definition) is 4. The van der Waals surface area contributed by atoms with Gasteiger partial charge in [0.1, 0.15) is 5.75 Å². The number of rotatable bonds is 4. The number of aryl methyl sites for hydroxylation is 1. The molecule has 1 unspecified atom stereocenters. The number of aromatic nitrogens is 1. The quantitative estimate of drug-likeness (QED) is 0.578. The zero-order valence-corrected chi connectivity index (χ0v) is 18.5. The summed E-state index contributed by atoms with van der Waals surface area (Å²) >= 11 is 0. The Labute approximate surface area is 184 Å². The van der Waals surface area contributed by atoms with Crippen molar-refractivity contribution in [3.8, 4) is 5.75 Å². The number of phenolic OH excluding ortho intramolecular Hbond substituents is 1. The third kappa shape index (κ3) is 3.75. The molecule has 1 saturated heterocycles. The molecule has 3 aromatic rings. The van der Waals surface area contributed by atoms with E-state index in [0.29, 0.717) is 24.3 Å². The summed E-state index contributed by atoms with van der Waals surface area (Å²) in [6.45, 7) is 6.81. The Morgan fingerprint density at radius 2 is 1.97 bits per heavy atom. The number of nitrogens with one attached hydrogen (secondary N) is 1. The maximum absolute atomic E-state index is 10.7. The van der Waals surface area contributed by atoms with E-state index in [4.69, 9.17) is 10.5 Å². The van der Waals surface area contributed by atoms with Gasteiger partial charge in [0.2, 0.25) is 0 Å². The van der Waals surface area contributed by atoms with Crippen LogP contribution in [0.25, 0.3) is 10.9 Å². The molecular weight excluding hydrogens is 386 g/mol. The minimum Gasteiger partial charge on any atom is -0.507 e. The average molecular weight is 420 g/mol. The fraction of sp³-hybridized carbons (Fsp3) is 0.462. The molecule has 3 atom stereocenters. The highest BCUT2D eigenvalue weighted by Crippen LogP contribution is 2.41. The van der Waals surface area contributed by atoms with Gasteiger partial charge in [0, 0.05) is 35.8 Å². The molecule has 164 valence electrons. The number of nitrogens with zero attached hydrogens (tertiary/aromatic N) is 1. The van der Waals surface area contributed by atoms with Gasteiger partial charge in [-0.3, -0.25) is 4.90 Å². The molecule has 2 aromatic carbocycles. The number of fused-ring (bicyclic) bond motifs is 2. The summed E-state index contributed by atoms with van der Waals surface area (Å²) < 4.78 is 6.46. The second-order valence-electron chi connectivity index (χ2n) is 9.26. The van der Waals surface area contributed by atoms with E-state index < -0.39 is 0 Å². The molecule has 0 spiro atoms. The van der Waals surface area contributed by atoms with Crippen molar-refractivity contribution in [2.24, 2.45) is 11.7 Å². The van der Waals surface area contributed by atoms with Gasteiger partial charge in [-0.2, -0.15) is 0 Å². The zero-order chi connectivity index (χ0) is 21.5. The van der Waals surface area contributed by atoms with Crippen molar-refractivity contribution in [3.05, 3.63) is 64.8 Å². The van der Waals surface area contributed by atoms with E-state index >= 15 is 0 Å². The predicted octanol–water partition coefficient (Wildman–Crippen LogP) is 4.60. The Morgan fingerprint density at radius 1 is 1.19 bits per heavy atom. The maximum Gasteiger partial charge on any atom is 0.122 e. The van der Waals surface area contributed by atoms with Crippen LogP contribution in [0.2, 0.25) is 0 Å². The van der Waals surface area contributed by atoms with Gasteiger partial charge < -0.3 is 20.6 Å². The SMILES string of the molecule is Cc1ccc2c(c1O)C[C@@H](C1CCN(C(C)c3cc4ccccc4[nH]3)CC1)O[C@H]2CN. The number of para-hydroxylation sites is 1. The molecule has 4 N–H and O–H groups in total. The first-order valence-corrected chi connectivity index (χ1v) is 11.5. The summed E-state index contributed by atoms with van der Waals surface area (Å²) in [7, 11) is 0. The van der Waals surface area contributed by atoms with Crippen LogP contribution in [-0.2, 0) is 11.2 Å². The lowest BCUT2D eigenvalue weighted by atomic mass is 9.82. The maximum atomic E-state index is 10.7. The highest BCUT2D eigenvalue weighted by atomic mass is 16.5. The highest BCUT2D eigenvalue weighted by molar-refractivity contribution is 5.80. The van der Waals surface area contributed by atoms with Crippen LogP contribution < -0.4 is 5.73 Å². The fourth-order valence-electron chi connectivity index (χ4n) is 5.48. The molecule has 5 heteroatoms. The monoisotopic (exact) mass is 419 g/mol. The number of hydrogen-bond donors (Lipinski definition) is 3. The number of benzene rings is 2. The lowest BCUT2D eigenvalue weighted by molar-refractivity contribution is -0.0667. The molecule has 0 radical (unpaired) electrons. The standard InChI is InChI=1S/C26H33N3O2/c1-16-7-8-20-21(26(16)30)14-24(31-25(20)15-27)18-9-11-29(12-10-18)17(2)23-13-19-5-3-4-6-22(19)28-23/h3-8,13,17-18,24-25,28,30H,9-12,14-15,27H2,1-2H3/t17?,24-,25-/m0/s1. The molecule has 0 amide bonds. The van der Waals surface area contributed by atoms with Gasteiger partial charge in [-0.25, -0.2) is 0 Å². The van der Waals surface area contributed by atoms with Crippen LogP contribution >= 0.6 is 0 Å². The summed E-state index contributed by atoms with van der Waals surface area (Å²) in [6, 6.07) is 15.2. The van der Waals surface area contributed by atoms with Crippen LogP contribution in [0.4, 0.5) is 0 Å². The Balaban J connectivity index is 1.27. The van der Waals surface area contributed by atoms with Crippen molar-refractivity contribution >= 4 is 10.9 Å². The molecule has 0 aliphatic carbocycles. The van der Waals surface area contributed by atoms with E-state index in [9.17, 15) is 5.11 Å². The van der Waals surface area contributed by atoms with Crippen LogP contribution in [-0.4, -0.2) is 40.7 Å². The van der Waals surface area contributed by atoms with E-state index in [2.05, 4.69) is 53.2 Å². The lowest BCUT2D eigenvalue weighted by Crippen LogP contribution is -2.42. The van der Waals surface area contributed by atoms with Crippen LogP contribution in [0.5, 0.6) is 5.75 Å². The molecule has 0 saturated carbocycles. The Hall–Kier alpha value is -2.34. The normalized spacial score (nSPS) is 23.7. The molecule has 2 aliphatic rings. The number of ether oxygens (including phenoxy) is 1. The molecule has 5 rings (SSSR count). The summed E-state index contributed by atoms with van der Waals surface area (Å²) in [5.74, 6) is 0.919. The Bertz CT molecular complexity index is 1030. The van der Waals surface area contributed by atoms with Crippen LogP contribution in [0.1, 0.15) is 54.3 Å². The van der Waals surface area contributed by atoms with Crippen LogP contribution in [0, 0.1) is 12.8 Å².